The zero-order valence-electron chi connectivity index (χ0n) is 15.6. The lowest BCUT2D eigenvalue weighted by Gasteiger charge is -2.13. The van der Waals surface area contributed by atoms with Crippen LogP contribution in [0.2, 0.25) is 0 Å². The first-order chi connectivity index (χ1) is 14.0. The van der Waals surface area contributed by atoms with E-state index in [0.717, 1.165) is 19.0 Å². The average molecular weight is 569 g/mol. The largest absolute Gasteiger partial charge is 0.490 e. The zero-order chi connectivity index (χ0) is 20.8. The number of carbonyl (C=O) groups is 1. The molecule has 0 radical (unpaired) electrons. The number of nitrogens with zero attached hydrogens (tertiary/aromatic N) is 1. The Morgan fingerprint density at radius 3 is 2.90 bits per heavy atom. The predicted molar refractivity (Wildman–Crippen MR) is 125 cm³/mol. The molecule has 0 fully saturated rings. The minimum absolute atomic E-state index is 0.188. The Morgan fingerprint density at radius 1 is 1.31 bits per heavy atom. The minimum atomic E-state index is -0.431. The van der Waals surface area contributed by atoms with Gasteiger partial charge in [0, 0.05) is 9.86 Å². The molecule has 2 aromatic carbocycles. The van der Waals surface area contributed by atoms with Crippen LogP contribution in [0.3, 0.4) is 0 Å². The molecule has 0 aliphatic heterocycles. The molecule has 0 atom stereocenters. The van der Waals surface area contributed by atoms with Crippen LogP contribution < -0.4 is 14.9 Å². The molecule has 0 bridgehead atoms. The summed E-state index contributed by atoms with van der Waals surface area (Å²) in [6, 6.07) is 10.9. The van der Waals surface area contributed by atoms with E-state index >= 15 is 0 Å². The Hall–Kier alpha value is -2.33. The van der Waals surface area contributed by atoms with Crippen LogP contribution in [0.5, 0.6) is 11.5 Å². The van der Waals surface area contributed by atoms with Crippen molar-refractivity contribution < 1.29 is 18.7 Å². The molecule has 29 heavy (non-hydrogen) atoms. The lowest BCUT2D eigenvalue weighted by atomic mass is 10.2. The van der Waals surface area contributed by atoms with Gasteiger partial charge in [-0.1, -0.05) is 28.6 Å². The molecule has 0 aliphatic rings. The van der Waals surface area contributed by atoms with Crippen LogP contribution in [-0.2, 0) is 0 Å². The van der Waals surface area contributed by atoms with Crippen LogP contribution in [0.25, 0.3) is 11.0 Å². The summed E-state index contributed by atoms with van der Waals surface area (Å²) in [5.74, 6) is 1.02. The number of ether oxygens (including phenoxy) is 2. The van der Waals surface area contributed by atoms with Crippen LogP contribution in [-0.4, -0.2) is 25.3 Å². The molecule has 8 heteroatoms. The van der Waals surface area contributed by atoms with Gasteiger partial charge in [0.25, 0.3) is 0 Å². The van der Waals surface area contributed by atoms with Crippen molar-refractivity contribution in [2.24, 2.45) is 5.10 Å². The molecule has 0 spiro atoms. The van der Waals surface area contributed by atoms with Crippen molar-refractivity contribution in [3.63, 3.8) is 0 Å². The summed E-state index contributed by atoms with van der Waals surface area (Å²) in [6.07, 6.45) is 3.21. The van der Waals surface area contributed by atoms with Crippen molar-refractivity contribution in [2.45, 2.75) is 6.92 Å². The van der Waals surface area contributed by atoms with Crippen LogP contribution >= 0.6 is 38.5 Å². The van der Waals surface area contributed by atoms with E-state index < -0.39 is 5.91 Å². The number of hydrazone groups is 1. The minimum Gasteiger partial charge on any atom is -0.490 e. The number of hydrogen-bond acceptors (Lipinski definition) is 5. The summed E-state index contributed by atoms with van der Waals surface area (Å²) in [4.78, 5) is 12.3. The van der Waals surface area contributed by atoms with E-state index in [2.05, 4.69) is 55.6 Å². The molecule has 150 valence electrons. The van der Waals surface area contributed by atoms with Gasteiger partial charge in [0.2, 0.25) is 0 Å². The van der Waals surface area contributed by atoms with Crippen molar-refractivity contribution in [3.8, 4) is 11.5 Å². The summed E-state index contributed by atoms with van der Waals surface area (Å²) in [5, 5.41) is 4.86. The highest BCUT2D eigenvalue weighted by molar-refractivity contribution is 14.1. The van der Waals surface area contributed by atoms with Gasteiger partial charge < -0.3 is 13.9 Å². The highest BCUT2D eigenvalue weighted by Gasteiger charge is 2.13. The molecule has 0 unspecified atom stereocenters. The van der Waals surface area contributed by atoms with E-state index in [4.69, 9.17) is 13.9 Å². The number of rotatable bonds is 8. The molecule has 1 N–H and O–H groups in total. The highest BCUT2D eigenvalue weighted by Crippen LogP contribution is 2.34. The van der Waals surface area contributed by atoms with Crippen LogP contribution in [0.4, 0.5) is 0 Å². The van der Waals surface area contributed by atoms with Crippen LogP contribution in [0.1, 0.15) is 23.0 Å². The molecule has 3 aromatic rings. The lowest BCUT2D eigenvalue weighted by Crippen LogP contribution is -2.16. The van der Waals surface area contributed by atoms with E-state index in [-0.39, 0.29) is 5.76 Å². The maximum atomic E-state index is 12.3. The van der Waals surface area contributed by atoms with Crippen molar-refractivity contribution in [1.29, 1.82) is 0 Å². The van der Waals surface area contributed by atoms with Crippen LogP contribution in [0.15, 0.2) is 63.0 Å². The first-order valence-corrected chi connectivity index (χ1v) is 10.6. The maximum Gasteiger partial charge on any atom is 0.307 e. The fourth-order valence-corrected chi connectivity index (χ4v) is 3.71. The number of halogens is 2. The summed E-state index contributed by atoms with van der Waals surface area (Å²) in [5.41, 5.74) is 3.87. The monoisotopic (exact) mass is 568 g/mol. The molecule has 1 aromatic heterocycles. The van der Waals surface area contributed by atoms with E-state index in [0.29, 0.717) is 30.3 Å². The summed E-state index contributed by atoms with van der Waals surface area (Å²) in [6.45, 7) is 6.44. The Labute approximate surface area is 190 Å². The zero-order valence-corrected chi connectivity index (χ0v) is 19.3. The number of amides is 1. The molecule has 6 nitrogen and oxygen atoms in total. The highest BCUT2D eigenvalue weighted by atomic mass is 127. The maximum absolute atomic E-state index is 12.3. The topological polar surface area (TPSA) is 73.1 Å². The third kappa shape index (κ3) is 5.39. The first kappa shape index (κ1) is 21.4. The Balaban J connectivity index is 1.74. The fourth-order valence-electron chi connectivity index (χ4n) is 2.55. The van der Waals surface area contributed by atoms with Gasteiger partial charge in [-0.2, -0.15) is 5.10 Å². The fraction of sp³-hybridized carbons (Fsp3) is 0.143. The Kier molecular flexibility index (Phi) is 7.32. The SMILES string of the molecule is C=CCOc1c(I)cc(/C=N/NC(=O)c2cc3cc(Br)ccc3o2)cc1OCC. The number of nitrogens with one attached hydrogen (secondary N) is 1. The lowest BCUT2D eigenvalue weighted by molar-refractivity contribution is 0.0929. The van der Waals surface area contributed by atoms with Crippen molar-refractivity contribution >= 4 is 61.6 Å². The van der Waals surface area contributed by atoms with Gasteiger partial charge in [0.1, 0.15) is 12.2 Å². The average Bonchev–Trinajstić information content (AvgIpc) is 3.11. The van der Waals surface area contributed by atoms with E-state index in [9.17, 15) is 4.79 Å². The van der Waals surface area contributed by atoms with Crippen LogP contribution in [0, 0.1) is 3.57 Å². The van der Waals surface area contributed by atoms with Gasteiger partial charge in [-0.3, -0.25) is 4.79 Å². The molecular formula is C21H18BrIN2O4. The number of benzene rings is 2. The van der Waals surface area contributed by atoms with E-state index in [1.165, 1.54) is 0 Å². The van der Waals surface area contributed by atoms with Crippen molar-refractivity contribution in [2.75, 3.05) is 13.2 Å². The predicted octanol–water partition coefficient (Wildman–Crippen LogP) is 5.53. The van der Waals surface area contributed by atoms with Gasteiger partial charge in [-0.15, -0.1) is 0 Å². The first-order valence-electron chi connectivity index (χ1n) is 8.74. The smallest absolute Gasteiger partial charge is 0.307 e. The molecule has 1 amide bonds. The Morgan fingerprint density at radius 2 is 2.14 bits per heavy atom. The number of hydrogen-bond donors (Lipinski definition) is 1. The number of carbonyl (C=O) groups excluding carboxylic acids is 1. The second kappa shape index (κ2) is 9.93. The third-order valence-electron chi connectivity index (χ3n) is 3.76. The summed E-state index contributed by atoms with van der Waals surface area (Å²) >= 11 is 5.57. The van der Waals surface area contributed by atoms with Gasteiger partial charge in [-0.25, -0.2) is 5.43 Å². The molecule has 0 aliphatic carbocycles. The second-order valence-corrected chi connectivity index (χ2v) is 7.93. The number of furan rings is 1. The second-order valence-electron chi connectivity index (χ2n) is 5.85. The molecular weight excluding hydrogens is 551 g/mol. The quantitative estimate of drug-likeness (QED) is 0.168. The van der Waals surface area contributed by atoms with Gasteiger partial charge in [0.05, 0.1) is 16.4 Å². The van der Waals surface area contributed by atoms with Gasteiger partial charge in [0.15, 0.2) is 17.3 Å². The summed E-state index contributed by atoms with van der Waals surface area (Å²) in [7, 11) is 0. The molecule has 3 rings (SSSR count). The van der Waals surface area contributed by atoms with Gasteiger partial charge in [-0.05, 0) is 71.5 Å². The standard InChI is InChI=1S/C21H18BrIN2O4/c1-3-7-28-20-16(23)8-13(9-18(20)27-4-2)12-24-25-21(26)19-11-14-10-15(22)5-6-17(14)29-19/h3,5-6,8-12H,1,4,7H2,2H3,(H,25,26)/b24-12+. The Bertz CT molecular complexity index is 1080. The van der Waals surface area contributed by atoms with Gasteiger partial charge >= 0.3 is 5.91 Å². The normalized spacial score (nSPS) is 11.0. The molecule has 0 saturated carbocycles. The van der Waals surface area contributed by atoms with Crippen molar-refractivity contribution in [1.82, 2.24) is 5.43 Å². The molecule has 1 heterocycles. The van der Waals surface area contributed by atoms with Crippen molar-refractivity contribution in [3.05, 3.63) is 68.4 Å². The summed E-state index contributed by atoms with van der Waals surface area (Å²) < 4.78 is 18.7. The third-order valence-corrected chi connectivity index (χ3v) is 5.05. The van der Waals surface area contributed by atoms with E-state index in [1.54, 1.807) is 30.5 Å². The number of fused-ring (bicyclic) bond motifs is 1. The van der Waals surface area contributed by atoms with E-state index in [1.807, 2.05) is 25.1 Å². The molecule has 0 saturated heterocycles.